The fourth-order valence-electron chi connectivity index (χ4n) is 3.49. The molecule has 4 rings (SSSR count). The SMILES string of the molecule is C[Si](C)(C)CCOCn1nc(C2CCCC2)sc1=Nc1ccc2ncc(Br)cc2n1. The molecule has 30 heavy (non-hydrogen) atoms. The van der Waals surface area contributed by atoms with Crippen LogP contribution in [0.5, 0.6) is 0 Å². The smallest absolute Gasteiger partial charge is 0.211 e. The second kappa shape index (κ2) is 9.38. The molecule has 3 aromatic heterocycles. The predicted octanol–water partition coefficient (Wildman–Crippen LogP) is 5.85. The first-order chi connectivity index (χ1) is 14.4. The van der Waals surface area contributed by atoms with Gasteiger partial charge < -0.3 is 4.74 Å². The van der Waals surface area contributed by atoms with Crippen molar-refractivity contribution in [1.29, 1.82) is 0 Å². The first-order valence-electron chi connectivity index (χ1n) is 10.5. The molecule has 0 unspecified atom stereocenters. The molecular weight excluding hydrogens is 478 g/mol. The van der Waals surface area contributed by atoms with Crippen molar-refractivity contribution in [1.82, 2.24) is 19.7 Å². The third-order valence-electron chi connectivity index (χ3n) is 5.25. The highest BCUT2D eigenvalue weighted by Gasteiger charge is 2.21. The Labute approximate surface area is 190 Å². The van der Waals surface area contributed by atoms with Crippen LogP contribution in [0.15, 0.2) is 33.9 Å². The number of ether oxygens (including phenoxy) is 1. The highest BCUT2D eigenvalue weighted by Crippen LogP contribution is 2.34. The number of nitrogens with zero attached hydrogens (tertiary/aromatic N) is 5. The molecule has 0 atom stereocenters. The maximum Gasteiger partial charge on any atom is 0.211 e. The molecule has 0 radical (unpaired) electrons. The van der Waals surface area contributed by atoms with Crippen LogP contribution < -0.4 is 4.80 Å². The molecule has 1 aliphatic carbocycles. The fourth-order valence-corrected chi connectivity index (χ4v) is 5.63. The Hall–Kier alpha value is -1.42. The van der Waals surface area contributed by atoms with E-state index in [1.807, 2.05) is 22.9 Å². The predicted molar refractivity (Wildman–Crippen MR) is 128 cm³/mol. The van der Waals surface area contributed by atoms with Gasteiger partial charge in [-0.1, -0.05) is 43.8 Å². The van der Waals surface area contributed by atoms with E-state index in [0.29, 0.717) is 18.5 Å². The van der Waals surface area contributed by atoms with Gasteiger partial charge in [0.25, 0.3) is 0 Å². The molecule has 0 spiro atoms. The zero-order valence-electron chi connectivity index (χ0n) is 17.8. The van der Waals surface area contributed by atoms with Crippen molar-refractivity contribution in [2.45, 2.75) is 64.0 Å². The second-order valence-electron chi connectivity index (χ2n) is 9.02. The van der Waals surface area contributed by atoms with Crippen LogP contribution in [0.3, 0.4) is 0 Å². The van der Waals surface area contributed by atoms with E-state index < -0.39 is 8.07 Å². The molecule has 0 N–H and O–H groups in total. The Morgan fingerprint density at radius 1 is 1.23 bits per heavy atom. The lowest BCUT2D eigenvalue weighted by Crippen LogP contribution is -2.24. The zero-order chi connectivity index (χ0) is 21.1. The number of pyridine rings is 2. The molecule has 1 aliphatic rings. The minimum Gasteiger partial charge on any atom is -0.359 e. The molecule has 0 bridgehead atoms. The van der Waals surface area contributed by atoms with Crippen LogP contribution in [0.2, 0.25) is 25.7 Å². The number of fused-ring (bicyclic) bond motifs is 1. The van der Waals surface area contributed by atoms with E-state index in [2.05, 4.69) is 45.5 Å². The molecule has 1 saturated carbocycles. The first-order valence-corrected chi connectivity index (χ1v) is 15.8. The van der Waals surface area contributed by atoms with Gasteiger partial charge >= 0.3 is 0 Å². The summed E-state index contributed by atoms with van der Waals surface area (Å²) < 4.78 is 8.80. The van der Waals surface area contributed by atoms with Gasteiger partial charge in [-0.15, -0.1) is 0 Å². The second-order valence-corrected chi connectivity index (χ2v) is 16.5. The van der Waals surface area contributed by atoms with Gasteiger partial charge in [0.05, 0.1) is 11.0 Å². The fraction of sp³-hybridized carbons (Fsp3) is 0.524. The summed E-state index contributed by atoms with van der Waals surface area (Å²) in [6.45, 7) is 8.30. The average molecular weight is 507 g/mol. The molecule has 0 amide bonds. The summed E-state index contributed by atoms with van der Waals surface area (Å²) in [7, 11) is -1.11. The first kappa shape index (κ1) is 21.8. The molecule has 3 aromatic rings. The molecule has 6 nitrogen and oxygen atoms in total. The highest BCUT2D eigenvalue weighted by atomic mass is 79.9. The quantitative estimate of drug-likeness (QED) is 0.298. The van der Waals surface area contributed by atoms with Crippen molar-refractivity contribution in [3.63, 3.8) is 0 Å². The summed E-state index contributed by atoms with van der Waals surface area (Å²) in [5.74, 6) is 1.22. The Balaban J connectivity index is 1.62. The standard InChI is InChI=1S/C21H28BrN5OSSi/c1-30(2,3)11-10-28-14-27-21(29-20(26-27)15-6-4-5-7-15)25-19-9-8-17-18(24-19)12-16(22)13-23-17/h8-9,12-13,15H,4-7,10-11,14H2,1-3H3. The molecule has 160 valence electrons. The number of rotatable bonds is 7. The summed E-state index contributed by atoms with van der Waals surface area (Å²) in [6, 6.07) is 6.98. The number of hydrogen-bond donors (Lipinski definition) is 0. The lowest BCUT2D eigenvalue weighted by Gasteiger charge is -2.15. The number of hydrogen-bond acceptors (Lipinski definition) is 6. The molecule has 0 aromatic carbocycles. The average Bonchev–Trinajstić information content (AvgIpc) is 3.34. The Morgan fingerprint density at radius 2 is 2.03 bits per heavy atom. The number of halogens is 1. The monoisotopic (exact) mass is 505 g/mol. The summed E-state index contributed by atoms with van der Waals surface area (Å²) in [6.07, 6.45) is 6.80. The highest BCUT2D eigenvalue weighted by molar-refractivity contribution is 9.10. The third-order valence-corrected chi connectivity index (χ3v) is 8.50. The molecule has 0 aliphatic heterocycles. The van der Waals surface area contributed by atoms with Crippen molar-refractivity contribution < 1.29 is 4.74 Å². The van der Waals surface area contributed by atoms with E-state index in [4.69, 9.17) is 14.8 Å². The molecule has 9 heteroatoms. The van der Waals surface area contributed by atoms with E-state index in [1.165, 1.54) is 30.7 Å². The van der Waals surface area contributed by atoms with Crippen molar-refractivity contribution in [3.8, 4) is 0 Å². The summed E-state index contributed by atoms with van der Waals surface area (Å²) in [5.41, 5.74) is 1.68. The van der Waals surface area contributed by atoms with E-state index in [9.17, 15) is 0 Å². The van der Waals surface area contributed by atoms with Gasteiger partial charge in [0, 0.05) is 31.3 Å². The van der Waals surface area contributed by atoms with Crippen LogP contribution in [-0.4, -0.2) is 34.4 Å². The lowest BCUT2D eigenvalue weighted by molar-refractivity contribution is 0.0757. The Bertz CT molecular complexity index is 1080. The van der Waals surface area contributed by atoms with E-state index in [1.54, 1.807) is 17.5 Å². The third kappa shape index (κ3) is 5.63. The maximum atomic E-state index is 5.98. The summed E-state index contributed by atoms with van der Waals surface area (Å²) in [5, 5.41) is 6.05. The van der Waals surface area contributed by atoms with Crippen LogP contribution >= 0.6 is 27.3 Å². The molecule has 1 fully saturated rings. The van der Waals surface area contributed by atoms with Crippen LogP contribution in [0.1, 0.15) is 36.6 Å². The van der Waals surface area contributed by atoms with Gasteiger partial charge in [-0.3, -0.25) is 4.98 Å². The minimum atomic E-state index is -1.11. The minimum absolute atomic E-state index is 0.438. The number of aromatic nitrogens is 4. The zero-order valence-corrected chi connectivity index (χ0v) is 21.2. The summed E-state index contributed by atoms with van der Waals surface area (Å²) in [4.78, 5) is 14.7. The van der Waals surface area contributed by atoms with E-state index in [-0.39, 0.29) is 0 Å². The van der Waals surface area contributed by atoms with Crippen molar-refractivity contribution in [3.05, 3.63) is 38.7 Å². The molecule has 0 saturated heterocycles. The van der Waals surface area contributed by atoms with Crippen LogP contribution in [0, 0.1) is 0 Å². The molecule has 3 heterocycles. The normalized spacial score (nSPS) is 16.1. The van der Waals surface area contributed by atoms with E-state index in [0.717, 1.165) is 33.0 Å². The van der Waals surface area contributed by atoms with Crippen molar-refractivity contribution in [2.75, 3.05) is 6.61 Å². The summed E-state index contributed by atoms with van der Waals surface area (Å²) >= 11 is 5.14. The maximum absolute atomic E-state index is 5.98. The van der Waals surface area contributed by atoms with Crippen LogP contribution in [0.4, 0.5) is 5.82 Å². The Morgan fingerprint density at radius 3 is 2.80 bits per heavy atom. The van der Waals surface area contributed by atoms with Gasteiger partial charge in [-0.05, 0) is 53.0 Å². The van der Waals surface area contributed by atoms with Gasteiger partial charge in [0.2, 0.25) is 4.80 Å². The van der Waals surface area contributed by atoms with Crippen molar-refractivity contribution in [2.24, 2.45) is 4.99 Å². The Kier molecular flexibility index (Phi) is 6.81. The largest absolute Gasteiger partial charge is 0.359 e. The van der Waals surface area contributed by atoms with Gasteiger partial charge in [-0.2, -0.15) is 10.1 Å². The van der Waals surface area contributed by atoms with Gasteiger partial charge in [0.15, 0.2) is 5.82 Å². The molecular formula is C21H28BrN5OSSi. The van der Waals surface area contributed by atoms with Crippen molar-refractivity contribution >= 4 is 52.2 Å². The van der Waals surface area contributed by atoms with Gasteiger partial charge in [0.1, 0.15) is 11.7 Å². The lowest BCUT2D eigenvalue weighted by atomic mass is 10.1. The van der Waals surface area contributed by atoms with Crippen LogP contribution in [-0.2, 0) is 11.5 Å². The van der Waals surface area contributed by atoms with E-state index >= 15 is 0 Å². The topological polar surface area (TPSA) is 65.2 Å². The van der Waals surface area contributed by atoms with Gasteiger partial charge in [-0.25, -0.2) is 9.67 Å². The van der Waals surface area contributed by atoms with Crippen LogP contribution in [0.25, 0.3) is 11.0 Å².